The molecular weight excluding hydrogens is 198 g/mol. The average Bonchev–Trinajstić information content (AvgIpc) is 2.27. The summed E-state index contributed by atoms with van der Waals surface area (Å²) in [7, 11) is 2.11. The Bertz CT molecular complexity index is 308. The predicted molar refractivity (Wildman–Crippen MR) is 68.8 cm³/mol. The van der Waals surface area contributed by atoms with E-state index >= 15 is 0 Å². The van der Waals surface area contributed by atoms with Gasteiger partial charge in [0.05, 0.1) is 5.84 Å². The lowest BCUT2D eigenvalue weighted by Gasteiger charge is -2.16. The molecule has 0 aliphatic carbocycles. The van der Waals surface area contributed by atoms with Gasteiger partial charge in [0.15, 0.2) is 0 Å². The molecule has 88 valence electrons. The van der Waals surface area contributed by atoms with Crippen molar-refractivity contribution >= 4 is 5.84 Å². The zero-order chi connectivity index (χ0) is 11.8. The van der Waals surface area contributed by atoms with Crippen molar-refractivity contribution in [2.45, 2.75) is 19.3 Å². The van der Waals surface area contributed by atoms with Crippen molar-refractivity contribution < 1.29 is 0 Å². The molecule has 0 aromatic heterocycles. The summed E-state index contributed by atoms with van der Waals surface area (Å²) < 4.78 is 0. The van der Waals surface area contributed by atoms with E-state index in [1.165, 1.54) is 5.56 Å². The number of hydrogen-bond acceptors (Lipinski definition) is 2. The predicted octanol–water partition coefficient (Wildman–Crippen LogP) is 1.88. The Morgan fingerprint density at radius 3 is 2.56 bits per heavy atom. The largest absolute Gasteiger partial charge is 0.388 e. The highest BCUT2D eigenvalue weighted by Crippen LogP contribution is 2.01. The second-order valence-corrected chi connectivity index (χ2v) is 4.17. The molecule has 1 aromatic rings. The summed E-state index contributed by atoms with van der Waals surface area (Å²) in [4.78, 5) is 2.29. The van der Waals surface area contributed by atoms with Crippen molar-refractivity contribution in [1.29, 1.82) is 5.41 Å². The molecule has 3 heteroatoms. The lowest BCUT2D eigenvalue weighted by atomic mass is 10.1. The fourth-order valence-corrected chi connectivity index (χ4v) is 1.62. The number of hydrogen-bond donors (Lipinski definition) is 2. The molecule has 3 nitrogen and oxygen atoms in total. The van der Waals surface area contributed by atoms with Crippen LogP contribution in [-0.4, -0.2) is 30.9 Å². The minimum absolute atomic E-state index is 0.288. The van der Waals surface area contributed by atoms with Gasteiger partial charge in [0.25, 0.3) is 0 Å². The van der Waals surface area contributed by atoms with Crippen LogP contribution < -0.4 is 5.73 Å². The van der Waals surface area contributed by atoms with Crippen molar-refractivity contribution in [2.75, 3.05) is 20.1 Å². The zero-order valence-corrected chi connectivity index (χ0v) is 9.95. The SMILES string of the molecule is CN(CCCC(=N)N)CCc1ccccc1. The van der Waals surface area contributed by atoms with Gasteiger partial charge in [-0.15, -0.1) is 0 Å². The van der Waals surface area contributed by atoms with E-state index in [0.29, 0.717) is 6.42 Å². The zero-order valence-electron chi connectivity index (χ0n) is 9.95. The molecule has 0 amide bonds. The molecular formula is C13H21N3. The van der Waals surface area contributed by atoms with Crippen LogP contribution in [0.3, 0.4) is 0 Å². The van der Waals surface area contributed by atoms with E-state index in [2.05, 4.69) is 36.2 Å². The van der Waals surface area contributed by atoms with Crippen molar-refractivity contribution in [3.8, 4) is 0 Å². The first-order valence-corrected chi connectivity index (χ1v) is 5.74. The molecule has 0 radical (unpaired) electrons. The maximum absolute atomic E-state index is 7.13. The molecule has 0 fully saturated rings. The van der Waals surface area contributed by atoms with Gasteiger partial charge in [0.2, 0.25) is 0 Å². The molecule has 0 atom stereocenters. The van der Waals surface area contributed by atoms with E-state index in [0.717, 1.165) is 25.9 Å². The smallest absolute Gasteiger partial charge is 0.0905 e. The number of amidine groups is 1. The van der Waals surface area contributed by atoms with Gasteiger partial charge in [-0.25, -0.2) is 0 Å². The van der Waals surface area contributed by atoms with Gasteiger partial charge >= 0.3 is 0 Å². The third kappa shape index (κ3) is 5.51. The Kier molecular flexibility index (Phi) is 5.57. The summed E-state index contributed by atoms with van der Waals surface area (Å²) in [5, 5.41) is 7.13. The second kappa shape index (κ2) is 7.01. The molecule has 1 rings (SSSR count). The first kappa shape index (κ1) is 12.7. The molecule has 16 heavy (non-hydrogen) atoms. The van der Waals surface area contributed by atoms with Crippen molar-refractivity contribution in [3.05, 3.63) is 35.9 Å². The molecule has 0 aliphatic rings. The number of likely N-dealkylation sites (N-methyl/N-ethyl adjacent to an activating group) is 1. The highest BCUT2D eigenvalue weighted by molar-refractivity contribution is 5.76. The normalized spacial score (nSPS) is 10.6. The van der Waals surface area contributed by atoms with Gasteiger partial charge in [-0.05, 0) is 32.0 Å². The van der Waals surface area contributed by atoms with Crippen LogP contribution in [0, 0.1) is 5.41 Å². The number of nitrogens with two attached hydrogens (primary N) is 1. The summed E-state index contributed by atoms with van der Waals surface area (Å²) in [5.74, 6) is 0.288. The Hall–Kier alpha value is -1.35. The Morgan fingerprint density at radius 2 is 1.94 bits per heavy atom. The molecule has 0 bridgehead atoms. The number of rotatable bonds is 7. The molecule has 0 aliphatic heterocycles. The fraction of sp³-hybridized carbons (Fsp3) is 0.462. The lowest BCUT2D eigenvalue weighted by molar-refractivity contribution is 0.336. The first-order valence-electron chi connectivity index (χ1n) is 5.74. The van der Waals surface area contributed by atoms with E-state index in [1.54, 1.807) is 0 Å². The van der Waals surface area contributed by atoms with E-state index in [-0.39, 0.29) is 5.84 Å². The van der Waals surface area contributed by atoms with Gasteiger partial charge in [-0.1, -0.05) is 30.3 Å². The van der Waals surface area contributed by atoms with Gasteiger partial charge < -0.3 is 10.6 Å². The monoisotopic (exact) mass is 219 g/mol. The van der Waals surface area contributed by atoms with Gasteiger partial charge in [-0.2, -0.15) is 0 Å². The number of nitrogens with one attached hydrogen (secondary N) is 1. The van der Waals surface area contributed by atoms with E-state index in [1.807, 2.05) is 6.07 Å². The summed E-state index contributed by atoms with van der Waals surface area (Å²) in [6.45, 7) is 2.06. The Labute approximate surface area is 97.8 Å². The van der Waals surface area contributed by atoms with Crippen molar-refractivity contribution in [1.82, 2.24) is 4.90 Å². The minimum Gasteiger partial charge on any atom is -0.388 e. The van der Waals surface area contributed by atoms with Gasteiger partial charge in [0.1, 0.15) is 0 Å². The standard InChI is InChI=1S/C13H21N3/c1-16(10-5-8-13(14)15)11-9-12-6-3-2-4-7-12/h2-4,6-7H,5,8-11H2,1H3,(H3,14,15). The van der Waals surface area contributed by atoms with Crippen LogP contribution in [0.4, 0.5) is 0 Å². The molecule has 0 saturated heterocycles. The topological polar surface area (TPSA) is 53.1 Å². The average molecular weight is 219 g/mol. The van der Waals surface area contributed by atoms with Crippen LogP contribution in [0.5, 0.6) is 0 Å². The van der Waals surface area contributed by atoms with Gasteiger partial charge in [0, 0.05) is 13.0 Å². The van der Waals surface area contributed by atoms with E-state index in [4.69, 9.17) is 11.1 Å². The highest BCUT2D eigenvalue weighted by Gasteiger charge is 1.99. The minimum atomic E-state index is 0.288. The third-order valence-corrected chi connectivity index (χ3v) is 2.61. The quantitative estimate of drug-likeness (QED) is 0.543. The van der Waals surface area contributed by atoms with Crippen LogP contribution in [0.25, 0.3) is 0 Å². The Morgan fingerprint density at radius 1 is 1.25 bits per heavy atom. The van der Waals surface area contributed by atoms with E-state index in [9.17, 15) is 0 Å². The van der Waals surface area contributed by atoms with Crippen LogP contribution >= 0.6 is 0 Å². The molecule has 1 aromatic carbocycles. The third-order valence-electron chi connectivity index (χ3n) is 2.61. The summed E-state index contributed by atoms with van der Waals surface area (Å²) in [6.07, 6.45) is 2.76. The summed E-state index contributed by atoms with van der Waals surface area (Å²) in [6, 6.07) is 10.5. The highest BCUT2D eigenvalue weighted by atomic mass is 15.1. The molecule has 0 heterocycles. The van der Waals surface area contributed by atoms with Crippen LogP contribution in [0.2, 0.25) is 0 Å². The Balaban J connectivity index is 2.15. The summed E-state index contributed by atoms with van der Waals surface area (Å²) >= 11 is 0. The van der Waals surface area contributed by atoms with Crippen molar-refractivity contribution in [2.24, 2.45) is 5.73 Å². The van der Waals surface area contributed by atoms with Crippen LogP contribution in [0.15, 0.2) is 30.3 Å². The van der Waals surface area contributed by atoms with Crippen molar-refractivity contribution in [3.63, 3.8) is 0 Å². The second-order valence-electron chi connectivity index (χ2n) is 4.17. The molecule has 0 unspecified atom stereocenters. The van der Waals surface area contributed by atoms with Gasteiger partial charge in [-0.3, -0.25) is 5.41 Å². The van der Waals surface area contributed by atoms with E-state index < -0.39 is 0 Å². The molecule has 0 saturated carbocycles. The fourth-order valence-electron chi connectivity index (χ4n) is 1.62. The first-order chi connectivity index (χ1) is 7.68. The molecule has 3 N–H and O–H groups in total. The lowest BCUT2D eigenvalue weighted by Crippen LogP contribution is -2.23. The number of benzene rings is 1. The maximum Gasteiger partial charge on any atom is 0.0905 e. The number of nitrogens with zero attached hydrogens (tertiary/aromatic N) is 1. The van der Waals surface area contributed by atoms with Crippen LogP contribution in [-0.2, 0) is 6.42 Å². The van der Waals surface area contributed by atoms with Crippen LogP contribution in [0.1, 0.15) is 18.4 Å². The maximum atomic E-state index is 7.13. The summed E-state index contributed by atoms with van der Waals surface area (Å²) in [5.41, 5.74) is 6.68. The molecule has 0 spiro atoms.